The molecule has 0 atom stereocenters. The van der Waals surface area contributed by atoms with Crippen LogP contribution < -0.4 is 10.6 Å². The highest BCUT2D eigenvalue weighted by atomic mass is 16.1. The van der Waals surface area contributed by atoms with Crippen LogP contribution in [0.25, 0.3) is 0 Å². The van der Waals surface area contributed by atoms with E-state index < -0.39 is 0 Å². The molecule has 1 aromatic carbocycles. The zero-order valence-electron chi connectivity index (χ0n) is 12.6. The summed E-state index contributed by atoms with van der Waals surface area (Å²) in [4.78, 5) is 11.6. The molecule has 0 fully saturated rings. The number of rotatable bonds is 3. The first-order valence-electron chi connectivity index (χ1n) is 8.00. The minimum atomic E-state index is 0.118. The van der Waals surface area contributed by atoms with Gasteiger partial charge in [-0.15, -0.1) is 0 Å². The van der Waals surface area contributed by atoms with E-state index in [2.05, 4.69) is 32.5 Å². The van der Waals surface area contributed by atoms with Crippen molar-refractivity contribution in [1.29, 1.82) is 0 Å². The largest absolute Gasteiger partial charge is 0.379 e. The molecular formula is C17H20N4O. The van der Waals surface area contributed by atoms with Crippen LogP contribution in [-0.2, 0) is 30.7 Å². The lowest BCUT2D eigenvalue weighted by Gasteiger charge is -2.10. The van der Waals surface area contributed by atoms with Gasteiger partial charge in [0.15, 0.2) is 0 Å². The Balaban J connectivity index is 1.46. The Morgan fingerprint density at radius 3 is 3.05 bits per heavy atom. The van der Waals surface area contributed by atoms with Crippen molar-refractivity contribution in [2.75, 3.05) is 10.6 Å². The van der Waals surface area contributed by atoms with E-state index in [-0.39, 0.29) is 5.91 Å². The molecule has 1 amide bonds. The summed E-state index contributed by atoms with van der Waals surface area (Å²) in [5.41, 5.74) is 5.69. The summed E-state index contributed by atoms with van der Waals surface area (Å²) < 4.78 is 2.11. The summed E-state index contributed by atoms with van der Waals surface area (Å²) in [7, 11) is 0. The van der Waals surface area contributed by atoms with E-state index in [4.69, 9.17) is 0 Å². The van der Waals surface area contributed by atoms with Crippen LogP contribution in [0, 0.1) is 0 Å². The third-order valence-corrected chi connectivity index (χ3v) is 4.42. The van der Waals surface area contributed by atoms with Crippen LogP contribution in [0.5, 0.6) is 0 Å². The third-order valence-electron chi connectivity index (χ3n) is 4.42. The Hall–Kier alpha value is -2.30. The van der Waals surface area contributed by atoms with E-state index in [1.165, 1.54) is 17.7 Å². The summed E-state index contributed by atoms with van der Waals surface area (Å²) in [6.07, 6.45) is 4.83. The molecule has 2 N–H and O–H groups in total. The zero-order valence-corrected chi connectivity index (χ0v) is 12.6. The Morgan fingerprint density at radius 2 is 2.14 bits per heavy atom. The second kappa shape index (κ2) is 5.48. The number of hydrogen-bond acceptors (Lipinski definition) is 3. The minimum Gasteiger partial charge on any atom is -0.379 e. The van der Waals surface area contributed by atoms with Gasteiger partial charge in [0.2, 0.25) is 5.91 Å². The van der Waals surface area contributed by atoms with Crippen LogP contribution in [0.2, 0.25) is 0 Å². The van der Waals surface area contributed by atoms with Gasteiger partial charge in [0.05, 0.1) is 12.2 Å². The predicted octanol–water partition coefficient (Wildman–Crippen LogP) is 2.72. The molecule has 5 nitrogen and oxygen atoms in total. The highest BCUT2D eigenvalue weighted by Crippen LogP contribution is 2.25. The number of benzene rings is 1. The van der Waals surface area contributed by atoms with Gasteiger partial charge in [-0.2, -0.15) is 5.10 Å². The normalized spacial score (nSPS) is 16.6. The number of hydrogen-bond donors (Lipinski definition) is 2. The van der Waals surface area contributed by atoms with Crippen LogP contribution in [0.15, 0.2) is 24.3 Å². The first-order valence-corrected chi connectivity index (χ1v) is 8.00. The highest BCUT2D eigenvalue weighted by molar-refractivity contribution is 5.92. The molecule has 0 saturated heterocycles. The third kappa shape index (κ3) is 2.58. The van der Waals surface area contributed by atoms with Crippen molar-refractivity contribution in [2.24, 2.45) is 0 Å². The number of aromatic nitrogens is 2. The number of fused-ring (bicyclic) bond motifs is 2. The lowest BCUT2D eigenvalue weighted by atomic mass is 10.1. The minimum absolute atomic E-state index is 0.118. The van der Waals surface area contributed by atoms with Crippen molar-refractivity contribution < 1.29 is 4.79 Å². The molecule has 0 spiro atoms. The van der Waals surface area contributed by atoms with Gasteiger partial charge in [-0.25, -0.2) is 0 Å². The fraction of sp³-hybridized carbons (Fsp3) is 0.412. The summed E-state index contributed by atoms with van der Waals surface area (Å²) in [6.45, 7) is 1.79. The van der Waals surface area contributed by atoms with Crippen molar-refractivity contribution in [1.82, 2.24) is 9.78 Å². The first-order chi connectivity index (χ1) is 10.8. The number of nitrogens with zero attached hydrogens (tertiary/aromatic N) is 2. The van der Waals surface area contributed by atoms with E-state index >= 15 is 0 Å². The summed E-state index contributed by atoms with van der Waals surface area (Å²) >= 11 is 0. The maximum Gasteiger partial charge on any atom is 0.224 e. The Labute approximate surface area is 129 Å². The molecule has 5 heteroatoms. The summed E-state index contributed by atoms with van der Waals surface area (Å²) in [5.74, 6) is 0.118. The SMILES string of the molecule is O=C1CCCc2cc(NCc3cc4n(n3)CCC4)ccc2N1. The average Bonchev–Trinajstić information content (AvgIpc) is 3.03. The van der Waals surface area contributed by atoms with Crippen LogP contribution in [-0.4, -0.2) is 15.7 Å². The standard InChI is InChI=1S/C17H20N4O/c22-17-5-1-3-12-9-13(6-7-16(12)19-17)18-11-14-10-15-4-2-8-21(15)20-14/h6-7,9-10,18H,1-5,8,11H2,(H,19,22). The smallest absolute Gasteiger partial charge is 0.224 e. The fourth-order valence-electron chi connectivity index (χ4n) is 3.28. The lowest BCUT2D eigenvalue weighted by molar-refractivity contribution is -0.116. The molecule has 4 rings (SSSR count). The maximum absolute atomic E-state index is 11.6. The molecular weight excluding hydrogens is 276 g/mol. The van der Waals surface area contributed by atoms with E-state index in [9.17, 15) is 4.79 Å². The average molecular weight is 296 g/mol. The van der Waals surface area contributed by atoms with Gasteiger partial charge >= 0.3 is 0 Å². The number of carbonyl (C=O) groups is 1. The van der Waals surface area contributed by atoms with Crippen molar-refractivity contribution in [3.63, 3.8) is 0 Å². The quantitative estimate of drug-likeness (QED) is 0.915. The van der Waals surface area contributed by atoms with E-state index in [1.807, 2.05) is 12.1 Å². The lowest BCUT2D eigenvalue weighted by Crippen LogP contribution is -2.09. The van der Waals surface area contributed by atoms with Gasteiger partial charge in [-0.05, 0) is 55.5 Å². The van der Waals surface area contributed by atoms with E-state index in [0.717, 1.165) is 49.4 Å². The fourth-order valence-corrected chi connectivity index (χ4v) is 3.28. The number of nitrogens with one attached hydrogen (secondary N) is 2. The van der Waals surface area contributed by atoms with Gasteiger partial charge in [0, 0.05) is 30.0 Å². The summed E-state index contributed by atoms with van der Waals surface area (Å²) in [5, 5.41) is 11.0. The van der Waals surface area contributed by atoms with E-state index in [0.29, 0.717) is 6.42 Å². The molecule has 0 saturated carbocycles. The van der Waals surface area contributed by atoms with Crippen molar-refractivity contribution >= 4 is 17.3 Å². The molecule has 3 heterocycles. The van der Waals surface area contributed by atoms with Crippen LogP contribution >= 0.6 is 0 Å². The number of aryl methyl sites for hydroxylation is 3. The second-order valence-electron chi connectivity index (χ2n) is 6.08. The Morgan fingerprint density at radius 1 is 1.18 bits per heavy atom. The number of amides is 1. The molecule has 0 radical (unpaired) electrons. The predicted molar refractivity (Wildman–Crippen MR) is 85.9 cm³/mol. The second-order valence-corrected chi connectivity index (χ2v) is 6.08. The topological polar surface area (TPSA) is 59.0 Å². The molecule has 114 valence electrons. The number of carbonyl (C=O) groups excluding carboxylic acids is 1. The van der Waals surface area contributed by atoms with Gasteiger partial charge in [-0.1, -0.05) is 0 Å². The Kier molecular flexibility index (Phi) is 3.33. The first kappa shape index (κ1) is 13.4. The monoisotopic (exact) mass is 296 g/mol. The summed E-state index contributed by atoms with van der Waals surface area (Å²) in [6, 6.07) is 8.36. The molecule has 22 heavy (non-hydrogen) atoms. The zero-order chi connectivity index (χ0) is 14.9. The molecule has 0 bridgehead atoms. The van der Waals surface area contributed by atoms with Crippen molar-refractivity contribution in [3.8, 4) is 0 Å². The van der Waals surface area contributed by atoms with Crippen molar-refractivity contribution in [3.05, 3.63) is 41.2 Å². The van der Waals surface area contributed by atoms with Crippen LogP contribution in [0.1, 0.15) is 36.2 Å². The maximum atomic E-state index is 11.6. The van der Waals surface area contributed by atoms with Gasteiger partial charge < -0.3 is 10.6 Å². The molecule has 2 aliphatic rings. The molecule has 2 aliphatic heterocycles. The van der Waals surface area contributed by atoms with Gasteiger partial charge in [-0.3, -0.25) is 9.48 Å². The number of anilines is 2. The van der Waals surface area contributed by atoms with Crippen molar-refractivity contribution in [2.45, 2.75) is 45.2 Å². The van der Waals surface area contributed by atoms with E-state index in [1.54, 1.807) is 0 Å². The Bertz CT molecular complexity index is 698. The molecule has 0 aliphatic carbocycles. The van der Waals surface area contributed by atoms with Crippen LogP contribution in [0.3, 0.4) is 0 Å². The van der Waals surface area contributed by atoms with Gasteiger partial charge in [0.25, 0.3) is 0 Å². The molecule has 0 unspecified atom stereocenters. The van der Waals surface area contributed by atoms with Crippen LogP contribution in [0.4, 0.5) is 11.4 Å². The molecule has 1 aromatic heterocycles. The molecule has 2 aromatic rings. The van der Waals surface area contributed by atoms with Gasteiger partial charge in [0.1, 0.15) is 0 Å². The highest BCUT2D eigenvalue weighted by Gasteiger charge is 2.14.